The fourth-order valence-corrected chi connectivity index (χ4v) is 11.5. The Balaban J connectivity index is -0.000000381. The van der Waals surface area contributed by atoms with E-state index < -0.39 is 51.6 Å². The smallest absolute Gasteiger partial charge is 0.313 e. The summed E-state index contributed by atoms with van der Waals surface area (Å²) in [6.07, 6.45) is 13.7. The maximum Gasteiger partial charge on any atom is 0.313 e. The zero-order valence-electron chi connectivity index (χ0n) is 57.6. The number of phenols is 1. The van der Waals surface area contributed by atoms with Crippen molar-refractivity contribution in [1.29, 1.82) is 0 Å². The van der Waals surface area contributed by atoms with Crippen molar-refractivity contribution in [2.45, 2.75) is 25.7 Å². The molecule has 20 nitrogen and oxygen atoms in total. The summed E-state index contributed by atoms with van der Waals surface area (Å²) in [5.41, 5.74) is 7.41. The van der Waals surface area contributed by atoms with Crippen LogP contribution in [0.1, 0.15) is 36.8 Å². The summed E-state index contributed by atoms with van der Waals surface area (Å²) in [6.45, 7) is 5.16. The third kappa shape index (κ3) is 33.9. The van der Waals surface area contributed by atoms with Gasteiger partial charge in [0.2, 0.25) is 46.8 Å². The van der Waals surface area contributed by atoms with Gasteiger partial charge >= 0.3 is 5.97 Å². The number of carboxylic acid groups (broad SMARTS) is 1. The Morgan fingerprint density at radius 1 is 0.505 bits per heavy atom. The molecule has 0 spiro atoms. The SMILES string of the molecule is COC[C@@]1(C(=O)Nc2ccc3[nH]nc(-c4ccc(F)cc4)c3n2)CCN(CC(=O)N2CC=C(c3ccc(-c4ncccn4)cc3)CC2)C1.COC[C@@]1(C(=O)O)CCN(CC(=O)N2CC=C(c3ccc(-c4ncccn4)cc3)CC2)C1.Oc1c(F)c(F)c(F)c(F)c1F.[U].[U].[U].[U].[U].[U].[U].[U].[U].[U].[U].[U].[U].[U].[U]. The molecule has 2 atom stereocenters. The molecule has 4 aromatic carbocycles. The maximum absolute atomic E-state index is 13.8. The van der Waals surface area contributed by atoms with Crippen LogP contribution >= 0.6 is 0 Å². The summed E-state index contributed by atoms with van der Waals surface area (Å²) < 4.78 is 84.8. The van der Waals surface area contributed by atoms with E-state index in [1.807, 2.05) is 43.9 Å². The number of aromatic amines is 1. The zero-order chi connectivity index (χ0) is 65.1. The topological polar surface area (TPSA) is 245 Å². The number of ether oxygens (including phenoxy) is 2. The van der Waals surface area contributed by atoms with Gasteiger partial charge in [0.15, 0.2) is 17.4 Å². The Labute approximate surface area is 972 Å². The molecule has 0 aliphatic carbocycles. The number of phenolic OH excluding ortho intramolecular Hbond substituents is 1. The molecular formula is C66H64F6N12O8U15. The van der Waals surface area contributed by atoms with Crippen LogP contribution in [0.2, 0.25) is 0 Å². The Morgan fingerprint density at radius 2 is 0.888 bits per heavy atom. The fraction of sp³-hybridized carbons (Fsp3) is 0.303. The Hall–Kier alpha value is 6.02. The van der Waals surface area contributed by atoms with Crippen molar-refractivity contribution in [2.24, 2.45) is 10.8 Å². The van der Waals surface area contributed by atoms with E-state index >= 15 is 0 Å². The third-order valence-corrected chi connectivity index (χ3v) is 16.6. The molecule has 3 amide bonds. The molecule has 4 N–H and O–H groups in total. The van der Waals surface area contributed by atoms with E-state index in [1.165, 1.54) is 30.4 Å². The Bertz CT molecular complexity index is 3980. The van der Waals surface area contributed by atoms with Gasteiger partial charge in [-0.3, -0.25) is 34.1 Å². The molecular weight excluding hydrogens is 4770 g/mol. The summed E-state index contributed by atoms with van der Waals surface area (Å²) in [4.78, 5) is 81.2. The number of benzene rings is 4. The Morgan fingerprint density at radius 3 is 1.29 bits per heavy atom. The van der Waals surface area contributed by atoms with Crippen LogP contribution in [0.4, 0.5) is 32.2 Å². The molecule has 0 bridgehead atoms. The molecule has 538 valence electrons. The number of carbonyl (C=O) groups is 4. The van der Waals surface area contributed by atoms with E-state index in [-0.39, 0.29) is 517 Å². The number of rotatable bonds is 16. The number of halogens is 6. The van der Waals surface area contributed by atoms with Crippen LogP contribution in [-0.4, -0.2) is 182 Å². The number of carboxylic acids is 1. The molecule has 4 aliphatic heterocycles. The summed E-state index contributed by atoms with van der Waals surface area (Å²) >= 11 is 0. The number of carbonyl (C=O) groups excluding carboxylic acids is 3. The first kappa shape index (κ1) is 124. The van der Waals surface area contributed by atoms with Crippen LogP contribution in [0, 0.1) is 512 Å². The molecule has 41 heteroatoms. The van der Waals surface area contributed by atoms with Crippen molar-refractivity contribution in [1.82, 2.24) is 54.7 Å². The number of aliphatic carboxylic acids is 1. The summed E-state index contributed by atoms with van der Waals surface area (Å²) in [5, 5.41) is 28.2. The van der Waals surface area contributed by atoms with Crippen LogP contribution in [0.5, 0.6) is 5.75 Å². The second-order valence-corrected chi connectivity index (χ2v) is 22.6. The van der Waals surface area contributed by atoms with E-state index in [0.717, 1.165) is 35.1 Å². The van der Waals surface area contributed by atoms with Crippen molar-refractivity contribution >= 4 is 51.7 Å². The van der Waals surface area contributed by atoms with E-state index in [4.69, 9.17) is 14.6 Å². The number of aromatic nitrogens is 7. The van der Waals surface area contributed by atoms with E-state index in [1.54, 1.807) is 68.3 Å². The number of pyridine rings is 1. The van der Waals surface area contributed by atoms with Crippen molar-refractivity contribution in [3.63, 3.8) is 0 Å². The van der Waals surface area contributed by atoms with Gasteiger partial charge in [0.05, 0.1) is 37.2 Å². The van der Waals surface area contributed by atoms with Crippen LogP contribution < -0.4 is 5.32 Å². The number of anilines is 1. The van der Waals surface area contributed by atoms with Gasteiger partial charge in [-0.2, -0.15) is 13.9 Å². The normalized spacial score (nSPS) is 15.7. The number of fused-ring (bicyclic) bond motifs is 1. The number of H-pyrrole nitrogens is 1. The maximum atomic E-state index is 13.8. The quantitative estimate of drug-likeness (QED) is 0.0400. The predicted octanol–water partition coefficient (Wildman–Crippen LogP) is 9.08. The number of nitrogens with one attached hydrogen (secondary N) is 2. The van der Waals surface area contributed by atoms with Crippen molar-refractivity contribution in [2.75, 3.05) is 98.2 Å². The predicted molar refractivity (Wildman–Crippen MR) is 327 cm³/mol. The number of likely N-dealkylation sites (tertiary alicyclic amines) is 2. The minimum absolute atomic E-state index is 0. The molecule has 0 unspecified atom stereocenters. The molecule has 12 rings (SSSR count). The molecule has 0 radical (unpaired) electrons. The minimum atomic E-state index is -2.29. The van der Waals surface area contributed by atoms with Crippen molar-refractivity contribution in [3.8, 4) is 39.8 Å². The van der Waals surface area contributed by atoms with Gasteiger partial charge in [0, 0.05) is 562 Å². The summed E-state index contributed by atoms with van der Waals surface area (Å²) in [6, 6.07) is 29.5. The molecule has 107 heavy (non-hydrogen) atoms. The van der Waals surface area contributed by atoms with E-state index in [2.05, 4.69) is 76.9 Å². The average molecular weight is 4840 g/mol. The molecule has 4 aromatic heterocycles. The van der Waals surface area contributed by atoms with Crippen molar-refractivity contribution < 1.29 is 532 Å². The number of methoxy groups -OCH3 is 2. The van der Waals surface area contributed by atoms with Gasteiger partial charge in [-0.05, 0) is 110 Å². The molecule has 8 aromatic rings. The van der Waals surface area contributed by atoms with Gasteiger partial charge in [-0.1, -0.05) is 60.7 Å². The monoisotopic (exact) mass is 4840 g/mol. The standard InChI is InChI=1S/C36H35FN8O3.C24H28N4O4.C6HF5O.15U/c1-48-23-36(35(47)41-30-12-11-29-33(40-30)32(43-42-29)26-7-9-28(37)10-8-26)15-20-44(22-36)21-31(46)45-18-13-25(14-19-45)24-3-5-27(6-4-24)34-38-16-2-17-39-34;1-32-17-24(23(30)31)9-14-27(16-24)15-21(29)28-12-7-19(8-13-28)18-3-5-20(6-4-18)22-25-10-2-11-26-22;7-1-2(8)4(10)6(12)5(11)3(1)9;;;;;;;;;;;;;;;/h2-13,16-17H,14-15,18-23H2,1H3,(H,42,43)(H,40,41,47);2-7,10-11H,8-9,12-17H2,1H3,(H,30,31);12H;;;;;;;;;;;;;;;/t36-;24-;;;;;;;;;;;;;;;;/m11................/s1. The number of aromatic hydroxyl groups is 1. The third-order valence-electron chi connectivity index (χ3n) is 16.6. The second kappa shape index (κ2) is 61.3. The molecule has 2 fully saturated rings. The fourth-order valence-electron chi connectivity index (χ4n) is 11.5. The average Bonchev–Trinajstić information content (AvgIpc) is 1.78. The second-order valence-electron chi connectivity index (χ2n) is 22.6. The zero-order valence-corrected chi connectivity index (χ0v) is 120. The first-order chi connectivity index (χ1) is 44.4. The minimum Gasteiger partial charge on any atom is -0.503 e. The number of amides is 3. The van der Waals surface area contributed by atoms with Gasteiger partial charge in [0.1, 0.15) is 28.3 Å². The summed E-state index contributed by atoms with van der Waals surface area (Å²) in [5.74, 6) is -12.5. The number of hydrogen-bond donors (Lipinski definition) is 4. The van der Waals surface area contributed by atoms with Crippen LogP contribution in [0.25, 0.3) is 56.2 Å². The first-order valence-corrected chi connectivity index (χ1v) is 29.4. The molecule has 4 aliphatic rings. The Kier molecular flexibility index (Phi) is 71.0. The van der Waals surface area contributed by atoms with Crippen LogP contribution in [0.3, 0.4) is 0 Å². The molecule has 2 saturated heterocycles. The number of hydrogen-bond acceptors (Lipinski definition) is 15. The molecule has 0 saturated carbocycles. The van der Waals surface area contributed by atoms with Crippen molar-refractivity contribution in [3.05, 3.63) is 180 Å². The van der Waals surface area contributed by atoms with Crippen LogP contribution in [0.15, 0.2) is 134 Å². The van der Waals surface area contributed by atoms with E-state index in [9.17, 15) is 50.6 Å². The largest absolute Gasteiger partial charge is 0.503 e. The van der Waals surface area contributed by atoms with Gasteiger partial charge in [-0.15, -0.1) is 0 Å². The van der Waals surface area contributed by atoms with Crippen LogP contribution in [-0.2, 0) is 28.7 Å². The van der Waals surface area contributed by atoms with Gasteiger partial charge in [-0.25, -0.2) is 42.5 Å². The van der Waals surface area contributed by atoms with Gasteiger partial charge < -0.3 is 34.8 Å². The number of nitrogens with zero attached hydrogens (tertiary/aromatic N) is 10. The van der Waals surface area contributed by atoms with Gasteiger partial charge in [0.25, 0.3) is 0 Å². The first-order valence-electron chi connectivity index (χ1n) is 29.4. The van der Waals surface area contributed by atoms with E-state index in [0.29, 0.717) is 105 Å². The molecule has 8 heterocycles. The summed E-state index contributed by atoms with van der Waals surface area (Å²) in [7, 11) is 3.09.